The van der Waals surface area contributed by atoms with Gasteiger partial charge in [0.05, 0.1) is 22.7 Å². The van der Waals surface area contributed by atoms with Crippen molar-refractivity contribution in [2.24, 2.45) is 5.92 Å². The van der Waals surface area contributed by atoms with E-state index in [1.54, 1.807) is 30.6 Å². The van der Waals surface area contributed by atoms with Crippen molar-refractivity contribution in [3.8, 4) is 11.3 Å². The zero-order chi connectivity index (χ0) is 24.2. The highest BCUT2D eigenvalue weighted by molar-refractivity contribution is 6.33. The van der Waals surface area contributed by atoms with Gasteiger partial charge in [0, 0.05) is 41.5 Å². The van der Waals surface area contributed by atoms with Crippen molar-refractivity contribution in [1.82, 2.24) is 25.8 Å². The molecule has 2 aromatic carbocycles. The summed E-state index contributed by atoms with van der Waals surface area (Å²) < 4.78 is 0. The van der Waals surface area contributed by atoms with Gasteiger partial charge in [-0.25, -0.2) is 15.0 Å². The van der Waals surface area contributed by atoms with Crippen LogP contribution >= 0.6 is 11.6 Å². The normalized spacial score (nSPS) is 15.6. The maximum absolute atomic E-state index is 13.2. The van der Waals surface area contributed by atoms with Gasteiger partial charge < -0.3 is 4.90 Å². The lowest BCUT2D eigenvalue weighted by molar-refractivity contribution is -0.126. The zero-order valence-corrected chi connectivity index (χ0v) is 19.6. The maximum Gasteiger partial charge on any atom is 0.270 e. The van der Waals surface area contributed by atoms with E-state index in [4.69, 9.17) is 11.6 Å². The number of nitrogens with one attached hydrogen (secondary N) is 2. The molecule has 1 saturated heterocycles. The van der Waals surface area contributed by atoms with E-state index in [1.165, 1.54) is 0 Å². The highest BCUT2D eigenvalue weighted by atomic mass is 35.5. The van der Waals surface area contributed by atoms with Crippen LogP contribution in [0, 0.1) is 5.92 Å². The number of fused-ring (bicyclic) bond motifs is 1. The van der Waals surface area contributed by atoms with Gasteiger partial charge in [-0.3, -0.25) is 20.4 Å². The molecule has 2 amide bonds. The number of aromatic nitrogens is 3. The molecule has 0 spiro atoms. The molecule has 176 valence electrons. The fourth-order valence-electron chi connectivity index (χ4n) is 4.29. The van der Waals surface area contributed by atoms with E-state index in [0.29, 0.717) is 39.7 Å². The van der Waals surface area contributed by atoms with Gasteiger partial charge in [-0.1, -0.05) is 48.0 Å². The van der Waals surface area contributed by atoms with Gasteiger partial charge in [-0.15, -0.1) is 0 Å². The van der Waals surface area contributed by atoms with Crippen LogP contribution in [-0.4, -0.2) is 39.9 Å². The van der Waals surface area contributed by atoms with E-state index in [-0.39, 0.29) is 11.8 Å². The molecule has 2 N–H and O–H groups in total. The van der Waals surface area contributed by atoms with Crippen molar-refractivity contribution in [2.45, 2.75) is 12.8 Å². The molecule has 0 radical (unpaired) electrons. The molecule has 35 heavy (non-hydrogen) atoms. The molecule has 1 aliphatic rings. The number of benzene rings is 2. The minimum Gasteiger partial charge on any atom is -0.340 e. The van der Waals surface area contributed by atoms with E-state index >= 15 is 0 Å². The number of carbonyl (C=O) groups is 2. The predicted octanol–water partition coefficient (Wildman–Crippen LogP) is 4.02. The summed E-state index contributed by atoms with van der Waals surface area (Å²) in [5.74, 6) is -0.363. The number of hydrazine groups is 1. The van der Waals surface area contributed by atoms with Crippen molar-refractivity contribution in [2.75, 3.05) is 18.0 Å². The van der Waals surface area contributed by atoms with Gasteiger partial charge in [0.15, 0.2) is 0 Å². The molecule has 1 atom stereocenters. The highest BCUT2D eigenvalue weighted by Gasteiger charge is 2.27. The lowest BCUT2D eigenvalue weighted by Gasteiger charge is -2.31. The molecule has 5 rings (SSSR count). The van der Waals surface area contributed by atoms with Gasteiger partial charge in [0.2, 0.25) is 11.9 Å². The molecule has 0 aliphatic carbocycles. The van der Waals surface area contributed by atoms with E-state index < -0.39 is 5.91 Å². The predicted molar refractivity (Wildman–Crippen MR) is 135 cm³/mol. The Balaban J connectivity index is 1.33. The van der Waals surface area contributed by atoms with E-state index in [9.17, 15) is 9.59 Å². The zero-order valence-electron chi connectivity index (χ0n) is 18.8. The first kappa shape index (κ1) is 22.7. The molecule has 1 fully saturated rings. The highest BCUT2D eigenvalue weighted by Crippen LogP contribution is 2.29. The number of hydrogen-bond acceptors (Lipinski definition) is 6. The minimum atomic E-state index is -0.427. The molecule has 0 saturated carbocycles. The van der Waals surface area contributed by atoms with Crippen molar-refractivity contribution in [3.63, 3.8) is 0 Å². The minimum absolute atomic E-state index is 0.247. The number of amides is 2. The summed E-state index contributed by atoms with van der Waals surface area (Å²) in [5.41, 5.74) is 7.55. The Hall–Kier alpha value is -4.04. The number of rotatable bonds is 4. The molecule has 1 aliphatic heterocycles. The Morgan fingerprint density at radius 1 is 0.971 bits per heavy atom. The van der Waals surface area contributed by atoms with Crippen LogP contribution in [0.15, 0.2) is 73.1 Å². The summed E-state index contributed by atoms with van der Waals surface area (Å²) in [6.07, 6.45) is 4.92. The molecule has 4 aromatic rings. The van der Waals surface area contributed by atoms with Crippen LogP contribution in [0.3, 0.4) is 0 Å². The van der Waals surface area contributed by atoms with Crippen LogP contribution in [0.1, 0.15) is 23.2 Å². The summed E-state index contributed by atoms with van der Waals surface area (Å²) in [6.45, 7) is 1.27. The first-order valence-corrected chi connectivity index (χ1v) is 11.7. The standard InChI is InChI=1S/C26H23ClN6O2/c27-21-10-3-1-9-19(21)23-15-20(18-8-2-4-11-22(18)30-23)25(35)32-31-24(34)17-7-5-14-33(16-17)26-28-12-6-13-29-26/h1-4,6,8-13,15,17H,5,7,14,16H2,(H,31,34)(H,32,35)/t17-/m1/s1. The third-order valence-electron chi connectivity index (χ3n) is 6.04. The van der Waals surface area contributed by atoms with Gasteiger partial charge in [0.1, 0.15) is 0 Å². The second-order valence-corrected chi connectivity index (χ2v) is 8.74. The number of halogens is 1. The van der Waals surface area contributed by atoms with Crippen LogP contribution in [0.2, 0.25) is 5.02 Å². The maximum atomic E-state index is 13.2. The Labute approximate surface area is 207 Å². The number of hydrogen-bond donors (Lipinski definition) is 2. The number of piperidine rings is 1. The van der Waals surface area contributed by atoms with Crippen molar-refractivity contribution in [3.05, 3.63) is 83.6 Å². The van der Waals surface area contributed by atoms with Gasteiger partial charge in [-0.05, 0) is 37.1 Å². The average molecular weight is 487 g/mol. The van der Waals surface area contributed by atoms with Gasteiger partial charge >= 0.3 is 0 Å². The SMILES string of the molecule is O=C(NNC(=O)[C@@H]1CCCN(c2ncccn2)C1)c1cc(-c2ccccc2Cl)nc2ccccc12. The molecule has 0 unspecified atom stereocenters. The lowest BCUT2D eigenvalue weighted by Crippen LogP contribution is -2.49. The Kier molecular flexibility index (Phi) is 6.54. The molecular weight excluding hydrogens is 464 g/mol. The molecule has 3 heterocycles. The van der Waals surface area contributed by atoms with E-state index in [1.807, 2.05) is 47.4 Å². The van der Waals surface area contributed by atoms with Crippen molar-refractivity contribution < 1.29 is 9.59 Å². The smallest absolute Gasteiger partial charge is 0.270 e. The van der Waals surface area contributed by atoms with Crippen LogP contribution in [0.5, 0.6) is 0 Å². The lowest BCUT2D eigenvalue weighted by atomic mass is 9.97. The first-order valence-electron chi connectivity index (χ1n) is 11.4. The number of pyridine rings is 1. The van der Waals surface area contributed by atoms with E-state index in [0.717, 1.165) is 24.9 Å². The number of carbonyl (C=O) groups excluding carboxylic acids is 2. The van der Waals surface area contributed by atoms with Crippen LogP contribution < -0.4 is 15.8 Å². The molecule has 0 bridgehead atoms. The Morgan fingerprint density at radius 3 is 2.57 bits per heavy atom. The summed E-state index contributed by atoms with van der Waals surface area (Å²) in [5, 5.41) is 1.22. The second-order valence-electron chi connectivity index (χ2n) is 8.33. The summed E-state index contributed by atoms with van der Waals surface area (Å²) in [4.78, 5) is 41.3. The third-order valence-corrected chi connectivity index (χ3v) is 6.37. The average Bonchev–Trinajstić information content (AvgIpc) is 2.91. The van der Waals surface area contributed by atoms with Crippen LogP contribution in [-0.2, 0) is 4.79 Å². The van der Waals surface area contributed by atoms with Crippen LogP contribution in [0.25, 0.3) is 22.2 Å². The largest absolute Gasteiger partial charge is 0.340 e. The Bertz CT molecular complexity index is 1380. The second kappa shape index (κ2) is 10.1. The molecule has 9 heteroatoms. The molecule has 8 nitrogen and oxygen atoms in total. The van der Waals surface area contributed by atoms with Crippen molar-refractivity contribution >= 4 is 40.3 Å². The summed E-state index contributed by atoms with van der Waals surface area (Å²) >= 11 is 6.38. The van der Waals surface area contributed by atoms with Gasteiger partial charge in [0.25, 0.3) is 5.91 Å². The third kappa shape index (κ3) is 4.93. The van der Waals surface area contributed by atoms with Gasteiger partial charge in [-0.2, -0.15) is 0 Å². The van der Waals surface area contributed by atoms with Crippen LogP contribution in [0.4, 0.5) is 5.95 Å². The fraction of sp³-hybridized carbons (Fsp3) is 0.192. The van der Waals surface area contributed by atoms with E-state index in [2.05, 4.69) is 25.8 Å². The molecule has 2 aromatic heterocycles. The van der Waals surface area contributed by atoms with Crippen molar-refractivity contribution in [1.29, 1.82) is 0 Å². The summed E-state index contributed by atoms with van der Waals surface area (Å²) in [6, 6.07) is 18.2. The number of para-hydroxylation sites is 1. The monoisotopic (exact) mass is 486 g/mol. The molecular formula is C26H23ClN6O2. The Morgan fingerprint density at radius 2 is 1.74 bits per heavy atom. The fourth-order valence-corrected chi connectivity index (χ4v) is 4.52. The topological polar surface area (TPSA) is 100 Å². The first-order chi connectivity index (χ1) is 17.1. The summed E-state index contributed by atoms with van der Waals surface area (Å²) in [7, 11) is 0. The number of nitrogens with zero attached hydrogens (tertiary/aromatic N) is 4. The quantitative estimate of drug-likeness (QED) is 0.422. The number of anilines is 1.